The van der Waals surface area contributed by atoms with E-state index in [1.54, 1.807) is 0 Å². The fourth-order valence-electron chi connectivity index (χ4n) is 2.79. The van der Waals surface area contributed by atoms with Crippen molar-refractivity contribution in [3.8, 4) is 11.5 Å². The van der Waals surface area contributed by atoms with Crippen molar-refractivity contribution < 1.29 is 44.4 Å². The lowest BCUT2D eigenvalue weighted by Crippen LogP contribution is -2.49. The predicted octanol–water partition coefficient (Wildman–Crippen LogP) is -1.92. The fourth-order valence-corrected chi connectivity index (χ4v) is 3.84. The molecule has 1 aromatic carbocycles. The number of hydrogen-bond acceptors (Lipinski definition) is 10. The van der Waals surface area contributed by atoms with Crippen molar-refractivity contribution in [1.82, 2.24) is 16.0 Å². The number of carbonyl (C=O) groups excluding carboxylic acids is 3. The summed E-state index contributed by atoms with van der Waals surface area (Å²) in [6.45, 7) is -0.240. The molecular weight excluding hydrogens is 498 g/mol. The van der Waals surface area contributed by atoms with Gasteiger partial charge in [0.05, 0.1) is 4.90 Å². The van der Waals surface area contributed by atoms with Gasteiger partial charge in [0.2, 0.25) is 17.7 Å². The number of phenolic OH excluding ortho intramolecular Hbond substituents is 2. The minimum Gasteiger partial charge on any atom is -0.504 e. The highest BCUT2D eigenvalue weighted by molar-refractivity contribution is 7.99. The van der Waals surface area contributed by atoms with Crippen LogP contribution in [-0.2, 0) is 30.4 Å². The number of carbonyl (C=O) groups is 5. The molecule has 14 nitrogen and oxygen atoms in total. The third-order valence-electron chi connectivity index (χ3n) is 4.69. The molecule has 0 bridgehead atoms. The summed E-state index contributed by atoms with van der Waals surface area (Å²) < 4.78 is 0. The number of thioether (sulfide) groups is 1. The molecule has 0 aliphatic carbocycles. The molecule has 200 valence electrons. The molecule has 0 saturated carbocycles. The number of nitrogens with one attached hydrogen (secondary N) is 3. The van der Waals surface area contributed by atoms with E-state index in [-0.39, 0.29) is 48.9 Å². The number of carboxylic acid groups (broad SMARTS) is 2. The summed E-state index contributed by atoms with van der Waals surface area (Å²) in [6, 6.07) is 0.337. The monoisotopic (exact) mass is 529 g/mol. The number of rotatable bonds is 16. The van der Waals surface area contributed by atoms with Crippen LogP contribution < -0.4 is 27.4 Å². The zero-order chi connectivity index (χ0) is 27.3. The molecule has 0 aliphatic heterocycles. The molecule has 0 fully saturated rings. The predicted molar refractivity (Wildman–Crippen MR) is 128 cm³/mol. The standard InChI is InChI=1S/C21H31N5O9S/c22-5-3-16(28)24-6-4-11-7-14(27)19(32)15(8-11)36-10-13(20(33)25-9-18(30)31)26-17(29)2-1-12(23)21(34)35/h7-8,12-13,27,32H,1-6,9-10,22-23H2,(H,24,28)(H,25,33)(H,26,29)(H,30,31)(H,34,35)/t12-,13+/m0/s1. The van der Waals surface area contributed by atoms with Crippen LogP contribution in [0.4, 0.5) is 0 Å². The van der Waals surface area contributed by atoms with Gasteiger partial charge < -0.3 is 47.8 Å². The van der Waals surface area contributed by atoms with Gasteiger partial charge in [-0.3, -0.25) is 24.0 Å². The number of nitrogens with two attached hydrogens (primary N) is 2. The van der Waals surface area contributed by atoms with Crippen LogP contribution in [0.2, 0.25) is 0 Å². The van der Waals surface area contributed by atoms with Crippen molar-refractivity contribution in [2.75, 3.05) is 25.4 Å². The van der Waals surface area contributed by atoms with E-state index in [0.29, 0.717) is 12.0 Å². The Labute approximate surface area is 210 Å². The van der Waals surface area contributed by atoms with Gasteiger partial charge in [0.15, 0.2) is 11.5 Å². The summed E-state index contributed by atoms with van der Waals surface area (Å²) in [6.07, 6.45) is 0.0105. The Balaban J connectivity index is 2.89. The van der Waals surface area contributed by atoms with Crippen molar-refractivity contribution in [2.45, 2.75) is 42.7 Å². The van der Waals surface area contributed by atoms with Gasteiger partial charge in [-0.25, -0.2) is 0 Å². The first-order valence-electron chi connectivity index (χ1n) is 10.9. The van der Waals surface area contributed by atoms with Gasteiger partial charge in [0, 0.05) is 31.7 Å². The number of benzene rings is 1. The Morgan fingerprint density at radius 1 is 1.00 bits per heavy atom. The molecule has 36 heavy (non-hydrogen) atoms. The molecule has 15 heteroatoms. The van der Waals surface area contributed by atoms with Crippen LogP contribution in [0, 0.1) is 0 Å². The van der Waals surface area contributed by atoms with Crippen LogP contribution in [0.5, 0.6) is 11.5 Å². The smallest absolute Gasteiger partial charge is 0.322 e. The first kappa shape index (κ1) is 30.5. The van der Waals surface area contributed by atoms with Gasteiger partial charge in [0.1, 0.15) is 18.6 Å². The Morgan fingerprint density at radius 2 is 1.69 bits per heavy atom. The van der Waals surface area contributed by atoms with Crippen LogP contribution in [-0.4, -0.2) is 87.6 Å². The highest BCUT2D eigenvalue weighted by atomic mass is 32.2. The van der Waals surface area contributed by atoms with Crippen molar-refractivity contribution in [3.63, 3.8) is 0 Å². The Kier molecular flexibility index (Phi) is 13.1. The van der Waals surface area contributed by atoms with E-state index < -0.39 is 53.9 Å². The van der Waals surface area contributed by atoms with Gasteiger partial charge in [-0.15, -0.1) is 11.8 Å². The third-order valence-corrected chi connectivity index (χ3v) is 5.81. The molecular formula is C21H31N5O9S. The lowest BCUT2D eigenvalue weighted by Gasteiger charge is -2.19. The molecule has 0 heterocycles. The van der Waals surface area contributed by atoms with Crippen molar-refractivity contribution in [3.05, 3.63) is 17.7 Å². The van der Waals surface area contributed by atoms with Crippen LogP contribution in [0.15, 0.2) is 17.0 Å². The highest BCUT2D eigenvalue weighted by Crippen LogP contribution is 2.37. The second-order valence-electron chi connectivity index (χ2n) is 7.63. The zero-order valence-corrected chi connectivity index (χ0v) is 20.2. The molecule has 0 aromatic heterocycles. The average molecular weight is 530 g/mol. The zero-order valence-electron chi connectivity index (χ0n) is 19.4. The minimum absolute atomic E-state index is 0.161. The lowest BCUT2D eigenvalue weighted by molar-refractivity contribution is -0.139. The Bertz CT molecular complexity index is 960. The van der Waals surface area contributed by atoms with Gasteiger partial charge >= 0.3 is 11.9 Å². The number of hydrogen-bond donors (Lipinski definition) is 9. The maximum Gasteiger partial charge on any atom is 0.322 e. The van der Waals surface area contributed by atoms with Crippen molar-refractivity contribution in [2.24, 2.45) is 11.5 Å². The summed E-state index contributed by atoms with van der Waals surface area (Å²) in [4.78, 5) is 58.0. The highest BCUT2D eigenvalue weighted by Gasteiger charge is 2.24. The lowest BCUT2D eigenvalue weighted by atomic mass is 10.1. The molecule has 1 rings (SSSR count). The summed E-state index contributed by atoms with van der Waals surface area (Å²) in [5, 5.41) is 45.1. The van der Waals surface area contributed by atoms with E-state index in [9.17, 15) is 34.2 Å². The number of amides is 3. The number of aliphatic carboxylic acids is 2. The molecule has 0 aliphatic rings. The molecule has 2 atom stereocenters. The van der Waals surface area contributed by atoms with E-state index in [0.717, 1.165) is 11.8 Å². The first-order valence-corrected chi connectivity index (χ1v) is 11.8. The van der Waals surface area contributed by atoms with Crippen LogP contribution in [0.1, 0.15) is 24.8 Å². The largest absolute Gasteiger partial charge is 0.504 e. The van der Waals surface area contributed by atoms with Gasteiger partial charge in [0.25, 0.3) is 0 Å². The van der Waals surface area contributed by atoms with Crippen molar-refractivity contribution in [1.29, 1.82) is 0 Å². The van der Waals surface area contributed by atoms with Crippen LogP contribution in [0.25, 0.3) is 0 Å². The van der Waals surface area contributed by atoms with Gasteiger partial charge in [-0.1, -0.05) is 0 Å². The molecule has 11 N–H and O–H groups in total. The molecule has 0 radical (unpaired) electrons. The summed E-state index contributed by atoms with van der Waals surface area (Å²) in [7, 11) is 0. The van der Waals surface area contributed by atoms with Crippen molar-refractivity contribution >= 4 is 41.4 Å². The minimum atomic E-state index is -1.30. The fraction of sp³-hybridized carbons (Fsp3) is 0.476. The number of phenols is 2. The van der Waals surface area contributed by atoms with E-state index in [4.69, 9.17) is 21.7 Å². The van der Waals surface area contributed by atoms with Crippen LogP contribution >= 0.6 is 11.8 Å². The SMILES string of the molecule is NCCC(=O)NCCc1cc(O)c(O)c(SC[C@@H](NC(=O)CC[C@H](N)C(=O)O)C(=O)NCC(=O)O)c1. The van der Waals surface area contributed by atoms with E-state index in [2.05, 4.69) is 16.0 Å². The van der Waals surface area contributed by atoms with Gasteiger partial charge in [-0.05, 0) is 30.5 Å². The second kappa shape index (κ2) is 15.4. The molecule has 0 unspecified atom stereocenters. The number of carboxylic acids is 2. The van der Waals surface area contributed by atoms with Gasteiger partial charge in [-0.2, -0.15) is 0 Å². The maximum atomic E-state index is 12.4. The van der Waals surface area contributed by atoms with E-state index in [1.807, 2.05) is 0 Å². The summed E-state index contributed by atoms with van der Waals surface area (Å²) >= 11 is 0.910. The second-order valence-corrected chi connectivity index (χ2v) is 8.69. The molecule has 0 spiro atoms. The average Bonchev–Trinajstić information content (AvgIpc) is 2.81. The topological polar surface area (TPSA) is 254 Å². The normalized spacial score (nSPS) is 12.3. The number of aromatic hydroxyl groups is 2. The third kappa shape index (κ3) is 11.2. The Morgan fingerprint density at radius 3 is 2.31 bits per heavy atom. The quantitative estimate of drug-likeness (QED) is 0.0838. The van der Waals surface area contributed by atoms with Crippen LogP contribution in [0.3, 0.4) is 0 Å². The molecule has 1 aromatic rings. The summed E-state index contributed by atoms with van der Waals surface area (Å²) in [5.74, 6) is -5.37. The molecule has 0 saturated heterocycles. The maximum absolute atomic E-state index is 12.4. The van der Waals surface area contributed by atoms with E-state index >= 15 is 0 Å². The first-order chi connectivity index (χ1) is 16.9. The van der Waals surface area contributed by atoms with E-state index in [1.165, 1.54) is 12.1 Å². The Hall–Kier alpha value is -3.56. The summed E-state index contributed by atoms with van der Waals surface area (Å²) in [5.41, 5.74) is 11.3. The molecule has 3 amide bonds.